The van der Waals surface area contributed by atoms with Crippen LogP contribution in [-0.4, -0.2) is 15.5 Å². The number of aryl methyl sites for hydroxylation is 2. The Bertz CT molecular complexity index is 1080. The average Bonchev–Trinajstić information content (AvgIpc) is 3.09. The maximum Gasteiger partial charge on any atom is 0.262 e. The predicted octanol–water partition coefficient (Wildman–Crippen LogP) is 4.49. The first-order valence-corrected chi connectivity index (χ1v) is 10.8. The van der Waals surface area contributed by atoms with Gasteiger partial charge in [0.05, 0.1) is 11.7 Å². The molecule has 28 heavy (non-hydrogen) atoms. The Morgan fingerprint density at radius 2 is 2.07 bits per heavy atom. The fraction of sp³-hybridized carbons (Fsp3) is 0.409. The summed E-state index contributed by atoms with van der Waals surface area (Å²) in [5.74, 6) is 0.151. The van der Waals surface area contributed by atoms with Crippen LogP contribution in [0.2, 0.25) is 0 Å². The molecular weight excluding hydrogens is 370 g/mol. The number of nitrogens with zero attached hydrogens (tertiary/aromatic N) is 2. The monoisotopic (exact) mass is 395 g/mol. The van der Waals surface area contributed by atoms with Crippen molar-refractivity contribution in [2.75, 3.05) is 5.32 Å². The zero-order valence-electron chi connectivity index (χ0n) is 16.3. The zero-order chi connectivity index (χ0) is 19.7. The number of aromatic nitrogens is 2. The van der Waals surface area contributed by atoms with Crippen LogP contribution < -0.4 is 10.9 Å². The van der Waals surface area contributed by atoms with Crippen LogP contribution in [0.4, 0.5) is 5.69 Å². The van der Waals surface area contributed by atoms with E-state index in [2.05, 4.69) is 24.1 Å². The maximum absolute atomic E-state index is 13.0. The van der Waals surface area contributed by atoms with Crippen LogP contribution in [0.3, 0.4) is 0 Å². The van der Waals surface area contributed by atoms with Crippen LogP contribution in [-0.2, 0) is 24.2 Å². The van der Waals surface area contributed by atoms with Crippen molar-refractivity contribution in [3.05, 3.63) is 57.0 Å². The molecule has 5 nitrogen and oxygen atoms in total. The minimum absolute atomic E-state index is 0.0266. The lowest BCUT2D eigenvalue weighted by molar-refractivity contribution is -0.116. The van der Waals surface area contributed by atoms with E-state index in [1.165, 1.54) is 22.2 Å². The minimum Gasteiger partial charge on any atom is -0.324 e. The molecule has 0 saturated heterocycles. The molecule has 6 heteroatoms. The van der Waals surface area contributed by atoms with E-state index in [1.54, 1.807) is 11.3 Å². The highest BCUT2D eigenvalue weighted by Gasteiger charge is 2.20. The van der Waals surface area contributed by atoms with E-state index >= 15 is 0 Å². The lowest BCUT2D eigenvalue weighted by Gasteiger charge is -2.16. The van der Waals surface area contributed by atoms with Crippen molar-refractivity contribution in [2.24, 2.45) is 0 Å². The summed E-state index contributed by atoms with van der Waals surface area (Å²) < 4.78 is 1.44. The van der Waals surface area contributed by atoms with Crippen molar-refractivity contribution in [1.29, 1.82) is 0 Å². The fourth-order valence-electron chi connectivity index (χ4n) is 3.90. The number of benzene rings is 1. The van der Waals surface area contributed by atoms with Gasteiger partial charge in [0.15, 0.2) is 0 Å². The van der Waals surface area contributed by atoms with Gasteiger partial charge in [0, 0.05) is 10.6 Å². The Balaban J connectivity index is 1.60. The Morgan fingerprint density at radius 1 is 1.29 bits per heavy atom. The van der Waals surface area contributed by atoms with Gasteiger partial charge in [-0.2, -0.15) is 0 Å². The predicted molar refractivity (Wildman–Crippen MR) is 114 cm³/mol. The molecule has 0 spiro atoms. The third-order valence-electron chi connectivity index (χ3n) is 5.63. The highest BCUT2D eigenvalue weighted by atomic mass is 32.1. The van der Waals surface area contributed by atoms with Gasteiger partial charge in [0.2, 0.25) is 5.91 Å². The molecular formula is C22H25N3O2S. The van der Waals surface area contributed by atoms with E-state index in [0.29, 0.717) is 5.92 Å². The smallest absolute Gasteiger partial charge is 0.262 e. The largest absolute Gasteiger partial charge is 0.324 e. The number of hydrogen-bond donors (Lipinski definition) is 1. The molecule has 2 aromatic heterocycles. The van der Waals surface area contributed by atoms with Crippen LogP contribution in [0, 0.1) is 0 Å². The van der Waals surface area contributed by atoms with Crippen molar-refractivity contribution >= 4 is 33.1 Å². The number of carbonyl (C=O) groups excluding carboxylic acids is 1. The molecule has 0 aliphatic heterocycles. The van der Waals surface area contributed by atoms with Crippen molar-refractivity contribution in [3.8, 4) is 0 Å². The van der Waals surface area contributed by atoms with Gasteiger partial charge in [-0.15, -0.1) is 11.3 Å². The molecule has 0 bridgehead atoms. The number of fused-ring (bicyclic) bond motifs is 3. The highest BCUT2D eigenvalue weighted by molar-refractivity contribution is 7.18. The molecule has 0 fully saturated rings. The van der Waals surface area contributed by atoms with Gasteiger partial charge in [-0.25, -0.2) is 4.98 Å². The highest BCUT2D eigenvalue weighted by Crippen LogP contribution is 2.33. The first-order valence-electron chi connectivity index (χ1n) is 9.97. The van der Waals surface area contributed by atoms with Gasteiger partial charge >= 0.3 is 0 Å². The number of thiophene rings is 1. The van der Waals surface area contributed by atoms with E-state index in [9.17, 15) is 9.59 Å². The summed E-state index contributed by atoms with van der Waals surface area (Å²) in [6.07, 6.45) is 6.75. The third kappa shape index (κ3) is 3.49. The number of anilines is 1. The zero-order valence-corrected chi connectivity index (χ0v) is 17.1. The van der Waals surface area contributed by atoms with Crippen molar-refractivity contribution < 1.29 is 4.79 Å². The molecule has 1 atom stereocenters. The molecule has 1 aliphatic carbocycles. The van der Waals surface area contributed by atoms with E-state index < -0.39 is 0 Å². The standard InChI is InChI=1S/C22H25N3O2S/c1-3-14(2)15-8-4-6-10-17(15)24-19(26)12-25-13-23-21-20(22(25)27)16-9-5-7-11-18(16)28-21/h4,6,8,10,13-14H,3,5,7,9,11-12H2,1-2H3,(H,24,26)/t14-/m0/s1. The number of carbonyl (C=O) groups is 1. The van der Waals surface area contributed by atoms with Crippen molar-refractivity contribution in [3.63, 3.8) is 0 Å². The quantitative estimate of drug-likeness (QED) is 0.692. The van der Waals surface area contributed by atoms with Gasteiger partial charge in [0.25, 0.3) is 5.56 Å². The van der Waals surface area contributed by atoms with Crippen LogP contribution in [0.5, 0.6) is 0 Å². The summed E-state index contributed by atoms with van der Waals surface area (Å²) in [5.41, 5.74) is 2.98. The molecule has 1 amide bonds. The SMILES string of the molecule is CC[C@H](C)c1ccccc1NC(=O)Cn1cnc2sc3c(c2c1=O)CCCC3. The van der Waals surface area contributed by atoms with Gasteiger partial charge in [-0.3, -0.25) is 14.2 Å². The first kappa shape index (κ1) is 18.9. The van der Waals surface area contributed by atoms with Crippen LogP contribution in [0.25, 0.3) is 10.2 Å². The fourth-order valence-corrected chi connectivity index (χ4v) is 5.12. The molecule has 4 rings (SSSR count). The van der Waals surface area contributed by atoms with Gasteiger partial charge < -0.3 is 5.32 Å². The average molecular weight is 396 g/mol. The topological polar surface area (TPSA) is 64.0 Å². The molecule has 0 radical (unpaired) electrons. The van der Waals surface area contributed by atoms with Crippen LogP contribution in [0.1, 0.15) is 55.0 Å². The summed E-state index contributed by atoms with van der Waals surface area (Å²) in [4.78, 5) is 32.2. The number of para-hydroxylation sites is 1. The molecule has 0 unspecified atom stereocenters. The normalized spacial score (nSPS) is 14.6. The Labute approximate surface area is 168 Å². The van der Waals surface area contributed by atoms with Gasteiger partial charge in [-0.1, -0.05) is 32.0 Å². The second kappa shape index (κ2) is 7.87. The van der Waals surface area contributed by atoms with E-state index in [0.717, 1.165) is 52.7 Å². The Kier molecular flexibility index (Phi) is 5.31. The summed E-state index contributed by atoms with van der Waals surface area (Å²) in [7, 11) is 0. The lowest BCUT2D eigenvalue weighted by atomic mass is 9.97. The molecule has 146 valence electrons. The second-order valence-electron chi connectivity index (χ2n) is 7.51. The molecule has 0 saturated carbocycles. The molecule has 2 heterocycles. The van der Waals surface area contributed by atoms with E-state index in [4.69, 9.17) is 0 Å². The second-order valence-corrected chi connectivity index (χ2v) is 8.60. The summed E-state index contributed by atoms with van der Waals surface area (Å²) in [6, 6.07) is 7.86. The molecule has 1 aromatic carbocycles. The van der Waals surface area contributed by atoms with Crippen molar-refractivity contribution in [2.45, 2.75) is 58.4 Å². The van der Waals surface area contributed by atoms with Crippen LogP contribution >= 0.6 is 11.3 Å². The molecule has 1 aliphatic rings. The van der Waals surface area contributed by atoms with Crippen LogP contribution in [0.15, 0.2) is 35.4 Å². The lowest BCUT2D eigenvalue weighted by Crippen LogP contribution is -2.28. The van der Waals surface area contributed by atoms with E-state index in [-0.39, 0.29) is 18.0 Å². The third-order valence-corrected chi connectivity index (χ3v) is 6.83. The number of rotatable bonds is 5. The first-order chi connectivity index (χ1) is 13.6. The number of hydrogen-bond acceptors (Lipinski definition) is 4. The van der Waals surface area contributed by atoms with E-state index in [1.807, 2.05) is 24.3 Å². The summed E-state index contributed by atoms with van der Waals surface area (Å²) in [6.45, 7) is 4.25. The Morgan fingerprint density at radius 3 is 2.89 bits per heavy atom. The Hall–Kier alpha value is -2.47. The van der Waals surface area contributed by atoms with Crippen molar-refractivity contribution in [1.82, 2.24) is 9.55 Å². The molecule has 1 N–H and O–H groups in total. The molecule has 3 aromatic rings. The minimum atomic E-state index is -0.205. The number of amides is 1. The summed E-state index contributed by atoms with van der Waals surface area (Å²) in [5, 5.41) is 3.70. The van der Waals surface area contributed by atoms with Gasteiger partial charge in [-0.05, 0) is 55.2 Å². The van der Waals surface area contributed by atoms with Gasteiger partial charge in [0.1, 0.15) is 11.4 Å². The number of nitrogens with one attached hydrogen (secondary N) is 1. The summed E-state index contributed by atoms with van der Waals surface area (Å²) >= 11 is 1.63. The maximum atomic E-state index is 13.0.